The van der Waals surface area contributed by atoms with Crippen LogP contribution in [-0.2, 0) is 0 Å². The van der Waals surface area contributed by atoms with Crippen molar-refractivity contribution in [3.8, 4) is 0 Å². The molecule has 2 amide bonds. The Morgan fingerprint density at radius 2 is 1.53 bits per heavy atom. The number of hydrogen-bond acceptors (Lipinski definition) is 1. The average molecular weight is 254 g/mol. The Kier molecular flexibility index (Phi) is 3.85. The highest BCUT2D eigenvalue weighted by Crippen LogP contribution is 2.16. The number of amides is 2. The zero-order valence-corrected chi connectivity index (χ0v) is 11.4. The summed E-state index contributed by atoms with van der Waals surface area (Å²) >= 11 is 0. The second-order valence-corrected chi connectivity index (χ2v) is 4.77. The average Bonchev–Trinajstić information content (AvgIpc) is 2.30. The first-order chi connectivity index (χ1) is 9.04. The molecular formula is C16H18N2O. The molecule has 2 rings (SSSR count). The zero-order chi connectivity index (χ0) is 13.8. The van der Waals surface area contributed by atoms with Crippen LogP contribution in [0.2, 0.25) is 0 Å². The molecule has 2 aromatic rings. The highest BCUT2D eigenvalue weighted by molar-refractivity contribution is 6.00. The molecule has 0 heterocycles. The summed E-state index contributed by atoms with van der Waals surface area (Å²) in [5.74, 6) is 0. The van der Waals surface area contributed by atoms with Gasteiger partial charge in [-0.05, 0) is 55.7 Å². The molecule has 0 bridgehead atoms. The van der Waals surface area contributed by atoms with Crippen molar-refractivity contribution in [1.29, 1.82) is 0 Å². The minimum atomic E-state index is -0.223. The summed E-state index contributed by atoms with van der Waals surface area (Å²) in [4.78, 5) is 11.9. The number of benzene rings is 2. The van der Waals surface area contributed by atoms with Crippen molar-refractivity contribution in [1.82, 2.24) is 0 Å². The molecule has 19 heavy (non-hydrogen) atoms. The Bertz CT molecular complexity index is 585. The van der Waals surface area contributed by atoms with Crippen molar-refractivity contribution in [2.75, 3.05) is 10.6 Å². The molecule has 3 nitrogen and oxygen atoms in total. The second-order valence-electron chi connectivity index (χ2n) is 4.77. The third-order valence-corrected chi connectivity index (χ3v) is 2.87. The number of urea groups is 1. The standard InChI is InChI=1S/C16H18N2O/c1-11-8-12(2)10-14(9-11)17-16(19)18-15-7-5-4-6-13(15)3/h4-10H,1-3H3,(H2,17,18,19). The molecule has 2 aromatic carbocycles. The van der Waals surface area contributed by atoms with E-state index in [0.29, 0.717) is 0 Å². The van der Waals surface area contributed by atoms with E-state index in [4.69, 9.17) is 0 Å². The summed E-state index contributed by atoms with van der Waals surface area (Å²) in [6.07, 6.45) is 0. The minimum Gasteiger partial charge on any atom is -0.308 e. The summed E-state index contributed by atoms with van der Waals surface area (Å²) in [7, 11) is 0. The molecule has 0 aliphatic carbocycles. The van der Waals surface area contributed by atoms with Crippen LogP contribution in [0.3, 0.4) is 0 Å². The fourth-order valence-electron chi connectivity index (χ4n) is 2.04. The molecule has 0 spiro atoms. The van der Waals surface area contributed by atoms with Gasteiger partial charge in [-0.2, -0.15) is 0 Å². The van der Waals surface area contributed by atoms with E-state index < -0.39 is 0 Å². The number of aryl methyl sites for hydroxylation is 3. The van der Waals surface area contributed by atoms with Crippen LogP contribution in [0.4, 0.5) is 16.2 Å². The van der Waals surface area contributed by atoms with Crippen molar-refractivity contribution >= 4 is 17.4 Å². The van der Waals surface area contributed by atoms with Crippen molar-refractivity contribution < 1.29 is 4.79 Å². The van der Waals surface area contributed by atoms with Crippen molar-refractivity contribution in [3.05, 3.63) is 59.2 Å². The molecule has 0 radical (unpaired) electrons. The molecule has 0 unspecified atom stereocenters. The van der Waals surface area contributed by atoms with Gasteiger partial charge in [0, 0.05) is 11.4 Å². The van der Waals surface area contributed by atoms with E-state index in [0.717, 1.165) is 28.1 Å². The predicted octanol–water partition coefficient (Wildman–Crippen LogP) is 4.26. The minimum absolute atomic E-state index is 0.223. The van der Waals surface area contributed by atoms with Crippen LogP contribution in [0, 0.1) is 20.8 Å². The maximum Gasteiger partial charge on any atom is 0.323 e. The van der Waals surface area contributed by atoms with E-state index >= 15 is 0 Å². The fraction of sp³-hybridized carbons (Fsp3) is 0.188. The van der Waals surface area contributed by atoms with Crippen LogP contribution in [0.15, 0.2) is 42.5 Å². The van der Waals surface area contributed by atoms with E-state index in [1.807, 2.05) is 57.2 Å². The van der Waals surface area contributed by atoms with Gasteiger partial charge in [-0.1, -0.05) is 24.3 Å². The van der Waals surface area contributed by atoms with Gasteiger partial charge in [0.05, 0.1) is 0 Å². The lowest BCUT2D eigenvalue weighted by atomic mass is 10.1. The van der Waals surface area contributed by atoms with Gasteiger partial charge in [-0.25, -0.2) is 4.79 Å². The second kappa shape index (κ2) is 5.57. The SMILES string of the molecule is Cc1cc(C)cc(NC(=O)Nc2ccccc2C)c1. The zero-order valence-electron chi connectivity index (χ0n) is 11.4. The first kappa shape index (κ1) is 13.1. The summed E-state index contributed by atoms with van der Waals surface area (Å²) in [5.41, 5.74) is 4.93. The van der Waals surface area contributed by atoms with Gasteiger partial charge in [-0.3, -0.25) is 0 Å². The lowest BCUT2D eigenvalue weighted by Gasteiger charge is -2.10. The van der Waals surface area contributed by atoms with Gasteiger partial charge in [0.15, 0.2) is 0 Å². The number of para-hydroxylation sites is 1. The number of carbonyl (C=O) groups excluding carboxylic acids is 1. The van der Waals surface area contributed by atoms with E-state index in [1.165, 1.54) is 0 Å². The van der Waals surface area contributed by atoms with E-state index in [9.17, 15) is 4.79 Å². The van der Waals surface area contributed by atoms with Crippen molar-refractivity contribution in [2.45, 2.75) is 20.8 Å². The lowest BCUT2D eigenvalue weighted by Crippen LogP contribution is -2.20. The molecule has 0 saturated carbocycles. The van der Waals surface area contributed by atoms with Gasteiger partial charge < -0.3 is 10.6 Å². The van der Waals surface area contributed by atoms with Crippen LogP contribution in [-0.4, -0.2) is 6.03 Å². The molecule has 2 N–H and O–H groups in total. The van der Waals surface area contributed by atoms with Crippen LogP contribution >= 0.6 is 0 Å². The van der Waals surface area contributed by atoms with Crippen LogP contribution in [0.5, 0.6) is 0 Å². The number of nitrogens with one attached hydrogen (secondary N) is 2. The maximum atomic E-state index is 11.9. The normalized spacial score (nSPS) is 10.1. The van der Waals surface area contributed by atoms with Gasteiger partial charge in [0.1, 0.15) is 0 Å². The Hall–Kier alpha value is -2.29. The quantitative estimate of drug-likeness (QED) is 0.826. The maximum absolute atomic E-state index is 11.9. The Morgan fingerprint density at radius 1 is 0.895 bits per heavy atom. The summed E-state index contributed by atoms with van der Waals surface area (Å²) < 4.78 is 0. The molecule has 3 heteroatoms. The van der Waals surface area contributed by atoms with Gasteiger partial charge in [-0.15, -0.1) is 0 Å². The smallest absolute Gasteiger partial charge is 0.308 e. The number of hydrogen-bond donors (Lipinski definition) is 2. The molecule has 0 aliphatic rings. The molecule has 98 valence electrons. The van der Waals surface area contributed by atoms with Crippen molar-refractivity contribution in [3.63, 3.8) is 0 Å². The first-order valence-corrected chi connectivity index (χ1v) is 6.26. The molecular weight excluding hydrogens is 236 g/mol. The molecule has 0 saturated heterocycles. The summed E-state index contributed by atoms with van der Waals surface area (Å²) in [5, 5.41) is 5.70. The number of rotatable bonds is 2. The van der Waals surface area contributed by atoms with Gasteiger partial charge in [0.25, 0.3) is 0 Å². The van der Waals surface area contributed by atoms with E-state index in [1.54, 1.807) is 0 Å². The number of anilines is 2. The van der Waals surface area contributed by atoms with Crippen LogP contribution in [0.25, 0.3) is 0 Å². The Balaban J connectivity index is 2.07. The topological polar surface area (TPSA) is 41.1 Å². The highest BCUT2D eigenvalue weighted by Gasteiger charge is 2.04. The van der Waals surface area contributed by atoms with Gasteiger partial charge in [0.2, 0.25) is 0 Å². The molecule has 0 aliphatic heterocycles. The first-order valence-electron chi connectivity index (χ1n) is 6.26. The van der Waals surface area contributed by atoms with Crippen LogP contribution < -0.4 is 10.6 Å². The highest BCUT2D eigenvalue weighted by atomic mass is 16.2. The third-order valence-electron chi connectivity index (χ3n) is 2.87. The van der Waals surface area contributed by atoms with Crippen LogP contribution in [0.1, 0.15) is 16.7 Å². The lowest BCUT2D eigenvalue weighted by molar-refractivity contribution is 0.262. The fourth-order valence-corrected chi connectivity index (χ4v) is 2.04. The summed E-state index contributed by atoms with van der Waals surface area (Å²) in [6, 6.07) is 13.4. The largest absolute Gasteiger partial charge is 0.323 e. The molecule has 0 aromatic heterocycles. The van der Waals surface area contributed by atoms with Gasteiger partial charge >= 0.3 is 6.03 Å². The number of carbonyl (C=O) groups is 1. The Labute approximate surface area is 113 Å². The van der Waals surface area contributed by atoms with E-state index in [-0.39, 0.29) is 6.03 Å². The summed E-state index contributed by atoms with van der Waals surface area (Å²) in [6.45, 7) is 5.99. The monoisotopic (exact) mass is 254 g/mol. The third kappa shape index (κ3) is 3.58. The van der Waals surface area contributed by atoms with E-state index in [2.05, 4.69) is 16.7 Å². The van der Waals surface area contributed by atoms with Crippen molar-refractivity contribution in [2.24, 2.45) is 0 Å². The molecule has 0 atom stereocenters. The molecule has 0 fully saturated rings. The Morgan fingerprint density at radius 3 is 2.16 bits per heavy atom. The predicted molar refractivity (Wildman–Crippen MR) is 79.7 cm³/mol.